The molecule has 3 aromatic rings. The Morgan fingerprint density at radius 2 is 1.71 bits per heavy atom. The van der Waals surface area contributed by atoms with Gasteiger partial charge in [-0.2, -0.15) is 0 Å². The third-order valence-corrected chi connectivity index (χ3v) is 6.85. The summed E-state index contributed by atoms with van der Waals surface area (Å²) in [6, 6.07) is 18.7. The number of hydrogen-bond donors (Lipinski definition) is 3. The topological polar surface area (TPSA) is 94.8 Å². The van der Waals surface area contributed by atoms with Crippen molar-refractivity contribution in [2.24, 2.45) is 11.8 Å². The number of rotatable bonds is 9. The highest BCUT2D eigenvalue weighted by molar-refractivity contribution is 5.87. The minimum atomic E-state index is -0.948. The highest BCUT2D eigenvalue weighted by Crippen LogP contribution is 2.33. The first-order valence-corrected chi connectivity index (χ1v) is 11.8. The van der Waals surface area contributed by atoms with Gasteiger partial charge in [0.1, 0.15) is 5.78 Å². The normalized spacial score (nSPS) is 19.2. The predicted molar refractivity (Wildman–Crippen MR) is 132 cm³/mol. The molecule has 34 heavy (non-hydrogen) atoms. The van der Waals surface area contributed by atoms with Gasteiger partial charge in [0.25, 0.3) is 0 Å². The van der Waals surface area contributed by atoms with Gasteiger partial charge in [0, 0.05) is 18.8 Å². The highest BCUT2D eigenvalue weighted by atomic mass is 16.4. The highest BCUT2D eigenvalue weighted by Gasteiger charge is 2.32. The van der Waals surface area contributed by atoms with Crippen LogP contribution in [0, 0.1) is 11.8 Å². The molecule has 0 spiro atoms. The quantitative estimate of drug-likeness (QED) is 0.404. The van der Waals surface area contributed by atoms with Crippen LogP contribution in [0.2, 0.25) is 0 Å². The fourth-order valence-corrected chi connectivity index (χ4v) is 4.91. The number of fused-ring (bicyclic) bond motifs is 1. The number of carboxylic acids is 1. The van der Waals surface area contributed by atoms with E-state index in [0.717, 1.165) is 33.9 Å². The van der Waals surface area contributed by atoms with Gasteiger partial charge in [-0.15, -0.1) is 0 Å². The molecular formula is C29H30O5. The van der Waals surface area contributed by atoms with Crippen molar-refractivity contribution in [2.75, 3.05) is 0 Å². The van der Waals surface area contributed by atoms with E-state index in [2.05, 4.69) is 0 Å². The Morgan fingerprint density at radius 3 is 2.35 bits per heavy atom. The Kier molecular flexibility index (Phi) is 7.56. The lowest BCUT2D eigenvalue weighted by atomic mass is 9.88. The van der Waals surface area contributed by atoms with Gasteiger partial charge < -0.3 is 15.3 Å². The van der Waals surface area contributed by atoms with E-state index in [1.54, 1.807) is 30.3 Å². The largest absolute Gasteiger partial charge is 0.478 e. The number of carbonyl (C=O) groups is 2. The van der Waals surface area contributed by atoms with Gasteiger partial charge >= 0.3 is 5.97 Å². The Balaban J connectivity index is 1.39. The van der Waals surface area contributed by atoms with E-state index in [4.69, 9.17) is 5.11 Å². The third-order valence-electron chi connectivity index (χ3n) is 6.85. The summed E-state index contributed by atoms with van der Waals surface area (Å²) in [5.74, 6) is -0.690. The van der Waals surface area contributed by atoms with E-state index in [9.17, 15) is 19.8 Å². The average Bonchev–Trinajstić information content (AvgIpc) is 3.20. The number of Topliss-reactive ketones (excluding diaryl/α,β-unsaturated/α-hetero) is 1. The van der Waals surface area contributed by atoms with Crippen molar-refractivity contribution in [1.82, 2.24) is 0 Å². The van der Waals surface area contributed by atoms with Crippen LogP contribution in [-0.4, -0.2) is 33.2 Å². The molecule has 3 N–H and O–H groups in total. The molecule has 5 nitrogen and oxygen atoms in total. The van der Waals surface area contributed by atoms with Crippen LogP contribution in [0.5, 0.6) is 0 Å². The molecule has 3 unspecified atom stereocenters. The van der Waals surface area contributed by atoms with Crippen molar-refractivity contribution >= 4 is 22.5 Å². The van der Waals surface area contributed by atoms with E-state index in [-0.39, 0.29) is 29.8 Å². The maximum Gasteiger partial charge on any atom is 0.335 e. The number of carbonyl (C=O) groups excluding carboxylic acids is 1. The maximum atomic E-state index is 12.5. The summed E-state index contributed by atoms with van der Waals surface area (Å²) in [7, 11) is 0. The van der Waals surface area contributed by atoms with Crippen LogP contribution >= 0.6 is 0 Å². The van der Waals surface area contributed by atoms with Crippen molar-refractivity contribution in [1.29, 1.82) is 0 Å². The summed E-state index contributed by atoms with van der Waals surface area (Å²) >= 11 is 0. The van der Waals surface area contributed by atoms with Crippen LogP contribution in [0.1, 0.15) is 46.3 Å². The first-order valence-electron chi connectivity index (χ1n) is 11.8. The minimum absolute atomic E-state index is 0.0801. The SMILES string of the molecule is O=C(O)c1ccc(CCC2C(=O)CCC2C=CC(O)Cc2cc3ccccc3cc2CO)cc1. The second-order valence-electron chi connectivity index (χ2n) is 9.10. The molecule has 176 valence electrons. The molecule has 1 saturated carbocycles. The minimum Gasteiger partial charge on any atom is -0.478 e. The summed E-state index contributed by atoms with van der Waals surface area (Å²) in [5, 5.41) is 31.6. The number of aliphatic hydroxyl groups is 2. The van der Waals surface area contributed by atoms with Gasteiger partial charge in [0.15, 0.2) is 0 Å². The number of aryl methyl sites for hydroxylation is 1. The zero-order chi connectivity index (χ0) is 24.1. The van der Waals surface area contributed by atoms with Crippen LogP contribution in [0.15, 0.2) is 72.8 Å². The lowest BCUT2D eigenvalue weighted by Crippen LogP contribution is -2.15. The maximum absolute atomic E-state index is 12.5. The first-order chi connectivity index (χ1) is 16.4. The molecule has 0 heterocycles. The molecule has 1 fully saturated rings. The molecule has 0 aromatic heterocycles. The van der Waals surface area contributed by atoms with Crippen LogP contribution in [-0.2, 0) is 24.2 Å². The van der Waals surface area contributed by atoms with Crippen molar-refractivity contribution in [3.63, 3.8) is 0 Å². The van der Waals surface area contributed by atoms with Gasteiger partial charge in [-0.25, -0.2) is 4.79 Å². The van der Waals surface area contributed by atoms with E-state index in [1.807, 2.05) is 42.5 Å². The number of ketones is 1. The summed E-state index contributed by atoms with van der Waals surface area (Å²) < 4.78 is 0. The summed E-state index contributed by atoms with van der Waals surface area (Å²) in [4.78, 5) is 23.5. The zero-order valence-corrected chi connectivity index (χ0v) is 19.1. The number of benzene rings is 3. The molecule has 0 aliphatic heterocycles. The second-order valence-corrected chi connectivity index (χ2v) is 9.10. The number of aromatic carboxylic acids is 1. The Morgan fingerprint density at radius 1 is 1.03 bits per heavy atom. The number of allylic oxidation sites excluding steroid dienone is 1. The van der Waals surface area contributed by atoms with Gasteiger partial charge in [-0.05, 0) is 70.8 Å². The van der Waals surface area contributed by atoms with Gasteiger partial charge in [-0.1, -0.05) is 54.6 Å². The second kappa shape index (κ2) is 10.8. The van der Waals surface area contributed by atoms with Crippen LogP contribution in [0.4, 0.5) is 0 Å². The van der Waals surface area contributed by atoms with E-state index in [1.165, 1.54) is 0 Å². The summed E-state index contributed by atoms with van der Waals surface area (Å²) in [5.41, 5.74) is 3.00. The van der Waals surface area contributed by atoms with Crippen molar-refractivity contribution in [3.05, 3.63) is 95.1 Å². The summed E-state index contributed by atoms with van der Waals surface area (Å²) in [6.45, 7) is -0.0801. The molecule has 4 rings (SSSR count). The van der Waals surface area contributed by atoms with Crippen molar-refractivity contribution in [2.45, 2.75) is 44.8 Å². The molecule has 3 aromatic carbocycles. The van der Waals surface area contributed by atoms with Crippen LogP contribution in [0.25, 0.3) is 10.8 Å². The summed E-state index contributed by atoms with van der Waals surface area (Å²) in [6.07, 6.45) is 6.21. The lowest BCUT2D eigenvalue weighted by molar-refractivity contribution is -0.121. The number of aliphatic hydroxyl groups excluding tert-OH is 2. The Bertz CT molecular complexity index is 1190. The van der Waals surface area contributed by atoms with Gasteiger partial charge in [0.05, 0.1) is 18.3 Å². The third kappa shape index (κ3) is 5.61. The molecule has 0 amide bonds. The van der Waals surface area contributed by atoms with Crippen molar-refractivity contribution < 1.29 is 24.9 Å². The monoisotopic (exact) mass is 458 g/mol. The number of carboxylic acid groups (broad SMARTS) is 1. The van der Waals surface area contributed by atoms with Gasteiger partial charge in [-0.3, -0.25) is 4.79 Å². The van der Waals surface area contributed by atoms with Crippen molar-refractivity contribution in [3.8, 4) is 0 Å². The zero-order valence-electron chi connectivity index (χ0n) is 19.1. The standard InChI is InChI=1S/C29H30O5/c30-18-25-16-23-4-2-1-3-22(23)15-24(25)17-26(31)12-10-20-11-14-28(32)27(20)13-7-19-5-8-21(9-6-19)29(33)34/h1-6,8-10,12,15-16,20,26-27,30-31H,7,11,13-14,17-18H2,(H,33,34). The molecule has 0 bridgehead atoms. The molecule has 1 aliphatic rings. The van der Waals surface area contributed by atoms with Crippen LogP contribution in [0.3, 0.4) is 0 Å². The molecular weight excluding hydrogens is 428 g/mol. The molecule has 3 atom stereocenters. The molecule has 0 radical (unpaired) electrons. The predicted octanol–water partition coefficient (Wildman–Crippen LogP) is 4.72. The average molecular weight is 459 g/mol. The molecule has 1 aliphatic carbocycles. The van der Waals surface area contributed by atoms with E-state index in [0.29, 0.717) is 25.7 Å². The lowest BCUT2D eigenvalue weighted by Gasteiger charge is -2.16. The Hall–Kier alpha value is -3.28. The van der Waals surface area contributed by atoms with E-state index >= 15 is 0 Å². The fourth-order valence-electron chi connectivity index (χ4n) is 4.91. The number of hydrogen-bond acceptors (Lipinski definition) is 4. The molecule has 0 saturated heterocycles. The van der Waals surface area contributed by atoms with Gasteiger partial charge in [0.2, 0.25) is 0 Å². The Labute approximate surface area is 199 Å². The molecule has 5 heteroatoms. The van der Waals surface area contributed by atoms with Crippen LogP contribution < -0.4 is 0 Å². The fraction of sp³-hybridized carbons (Fsp3) is 0.310. The smallest absolute Gasteiger partial charge is 0.335 e. The van der Waals surface area contributed by atoms with E-state index < -0.39 is 12.1 Å². The first kappa shape index (κ1) is 23.9.